The maximum atomic E-state index is 10.0. The second-order valence-corrected chi connectivity index (χ2v) is 2.38. The van der Waals surface area contributed by atoms with Crippen LogP contribution in [-0.4, -0.2) is 40.0 Å². The van der Waals surface area contributed by atoms with Gasteiger partial charge in [-0.05, 0) is 0 Å². The van der Waals surface area contributed by atoms with Crippen molar-refractivity contribution in [3.63, 3.8) is 0 Å². The molecule has 0 radical (unpaired) electrons. The summed E-state index contributed by atoms with van der Waals surface area (Å²) in [6.07, 6.45) is -2.16. The molecule has 0 aromatic carbocycles. The van der Waals surface area contributed by atoms with Crippen LogP contribution in [0.5, 0.6) is 0 Å². The number of aliphatic carboxylic acids is 1. The first-order valence-electron chi connectivity index (χ1n) is 3.34. The van der Waals surface area contributed by atoms with Crippen LogP contribution in [0.25, 0.3) is 0 Å². The average molecular weight is 163 g/mol. The molecule has 0 amide bonds. The zero-order valence-corrected chi connectivity index (χ0v) is 6.10. The SMILES string of the molecule is NC[C@H](O)C[C@@H](O)CC(=O)O. The summed E-state index contributed by atoms with van der Waals surface area (Å²) in [6, 6.07) is 0. The molecule has 0 aromatic heterocycles. The Morgan fingerprint density at radius 2 is 1.91 bits per heavy atom. The van der Waals surface area contributed by atoms with Crippen LogP contribution in [0.3, 0.4) is 0 Å². The minimum atomic E-state index is -1.08. The molecule has 11 heavy (non-hydrogen) atoms. The first-order chi connectivity index (χ1) is 5.06. The Kier molecular flexibility index (Phi) is 4.76. The van der Waals surface area contributed by atoms with Crippen LogP contribution in [0.1, 0.15) is 12.8 Å². The number of carbonyl (C=O) groups is 1. The molecule has 0 aliphatic carbocycles. The smallest absolute Gasteiger partial charge is 0.305 e. The summed E-state index contributed by atoms with van der Waals surface area (Å²) in [5, 5.41) is 26.0. The average Bonchev–Trinajstić information content (AvgIpc) is 1.85. The van der Waals surface area contributed by atoms with Gasteiger partial charge in [-0.1, -0.05) is 0 Å². The van der Waals surface area contributed by atoms with Gasteiger partial charge < -0.3 is 21.1 Å². The molecule has 0 heterocycles. The number of aliphatic hydroxyl groups is 2. The second-order valence-electron chi connectivity index (χ2n) is 2.38. The van der Waals surface area contributed by atoms with Crippen LogP contribution in [0, 0.1) is 0 Å². The van der Waals surface area contributed by atoms with Crippen molar-refractivity contribution in [2.45, 2.75) is 25.0 Å². The summed E-state index contributed by atoms with van der Waals surface area (Å²) in [4.78, 5) is 10.0. The van der Waals surface area contributed by atoms with Crippen molar-refractivity contribution in [3.8, 4) is 0 Å². The molecule has 0 aliphatic rings. The Morgan fingerprint density at radius 3 is 2.27 bits per heavy atom. The van der Waals surface area contributed by atoms with E-state index in [0.717, 1.165) is 0 Å². The van der Waals surface area contributed by atoms with Crippen LogP contribution in [0.15, 0.2) is 0 Å². The number of carboxylic acids is 1. The Labute approximate surface area is 64.4 Å². The highest BCUT2D eigenvalue weighted by atomic mass is 16.4. The standard InChI is InChI=1S/C6H13NO4/c7-3-5(9)1-4(8)2-6(10)11/h4-5,8-9H,1-3,7H2,(H,10,11)/t4-,5-/m1/s1. The Balaban J connectivity index is 3.51. The first kappa shape index (κ1) is 10.3. The van der Waals surface area contributed by atoms with Crippen molar-refractivity contribution in [1.29, 1.82) is 0 Å². The third-order valence-electron chi connectivity index (χ3n) is 1.23. The van der Waals surface area contributed by atoms with Crippen LogP contribution in [-0.2, 0) is 4.79 Å². The van der Waals surface area contributed by atoms with E-state index in [2.05, 4.69) is 0 Å². The molecule has 0 saturated carbocycles. The Bertz CT molecular complexity index is 128. The van der Waals surface area contributed by atoms with Crippen molar-refractivity contribution in [2.75, 3.05) is 6.54 Å². The number of nitrogens with two attached hydrogens (primary N) is 1. The molecule has 0 unspecified atom stereocenters. The molecule has 66 valence electrons. The van der Waals surface area contributed by atoms with Gasteiger partial charge in [0.25, 0.3) is 0 Å². The predicted molar refractivity (Wildman–Crippen MR) is 37.9 cm³/mol. The molecule has 0 spiro atoms. The van der Waals surface area contributed by atoms with Crippen LogP contribution in [0.2, 0.25) is 0 Å². The highest BCUT2D eigenvalue weighted by molar-refractivity contribution is 5.67. The molecule has 5 heteroatoms. The summed E-state index contributed by atoms with van der Waals surface area (Å²) < 4.78 is 0. The molecule has 0 bridgehead atoms. The number of hydrogen-bond acceptors (Lipinski definition) is 4. The summed E-state index contributed by atoms with van der Waals surface area (Å²) in [5.74, 6) is -1.08. The van der Waals surface area contributed by atoms with Gasteiger partial charge in [-0.2, -0.15) is 0 Å². The lowest BCUT2D eigenvalue weighted by molar-refractivity contribution is -0.139. The molecule has 0 rings (SSSR count). The maximum Gasteiger partial charge on any atom is 0.305 e. The number of carboxylic acid groups (broad SMARTS) is 1. The van der Waals surface area contributed by atoms with E-state index in [1.807, 2.05) is 0 Å². The van der Waals surface area contributed by atoms with Gasteiger partial charge in [-0.25, -0.2) is 0 Å². The van der Waals surface area contributed by atoms with Crippen LogP contribution in [0.4, 0.5) is 0 Å². The summed E-state index contributed by atoms with van der Waals surface area (Å²) in [5.41, 5.74) is 5.04. The lowest BCUT2D eigenvalue weighted by atomic mass is 10.1. The van der Waals surface area contributed by atoms with Crippen molar-refractivity contribution in [1.82, 2.24) is 0 Å². The van der Waals surface area contributed by atoms with Gasteiger partial charge in [0.1, 0.15) is 0 Å². The van der Waals surface area contributed by atoms with Gasteiger partial charge in [0, 0.05) is 13.0 Å². The number of aliphatic hydroxyl groups excluding tert-OH is 2. The normalized spacial score (nSPS) is 15.9. The highest BCUT2D eigenvalue weighted by Crippen LogP contribution is 2.00. The summed E-state index contributed by atoms with van der Waals surface area (Å²) in [7, 11) is 0. The van der Waals surface area contributed by atoms with Gasteiger partial charge >= 0.3 is 5.97 Å². The molecular formula is C6H13NO4. The van der Waals surface area contributed by atoms with Crippen LogP contribution < -0.4 is 5.73 Å². The first-order valence-corrected chi connectivity index (χ1v) is 3.34. The van der Waals surface area contributed by atoms with Gasteiger partial charge in [-0.3, -0.25) is 4.79 Å². The predicted octanol–water partition coefficient (Wildman–Crippen LogP) is -1.47. The quantitative estimate of drug-likeness (QED) is 0.396. The Morgan fingerprint density at radius 1 is 1.36 bits per heavy atom. The van der Waals surface area contributed by atoms with Gasteiger partial charge in [0.05, 0.1) is 18.6 Å². The monoisotopic (exact) mass is 163 g/mol. The molecule has 0 aromatic rings. The van der Waals surface area contributed by atoms with E-state index in [9.17, 15) is 4.79 Å². The molecule has 0 aliphatic heterocycles. The zero-order valence-electron chi connectivity index (χ0n) is 6.10. The lowest BCUT2D eigenvalue weighted by Crippen LogP contribution is -2.26. The number of hydrogen-bond donors (Lipinski definition) is 4. The fourth-order valence-corrected chi connectivity index (χ4v) is 0.695. The van der Waals surface area contributed by atoms with E-state index in [0.29, 0.717) is 0 Å². The lowest BCUT2D eigenvalue weighted by Gasteiger charge is -2.11. The van der Waals surface area contributed by atoms with E-state index in [1.54, 1.807) is 0 Å². The van der Waals surface area contributed by atoms with Crippen molar-refractivity contribution >= 4 is 5.97 Å². The van der Waals surface area contributed by atoms with Gasteiger partial charge in [0.15, 0.2) is 0 Å². The highest BCUT2D eigenvalue weighted by Gasteiger charge is 2.13. The van der Waals surface area contributed by atoms with E-state index < -0.39 is 18.2 Å². The fourth-order valence-electron chi connectivity index (χ4n) is 0.695. The van der Waals surface area contributed by atoms with Crippen molar-refractivity contribution < 1.29 is 20.1 Å². The van der Waals surface area contributed by atoms with E-state index >= 15 is 0 Å². The largest absolute Gasteiger partial charge is 0.481 e. The Hall–Kier alpha value is -0.650. The van der Waals surface area contributed by atoms with Crippen molar-refractivity contribution in [3.05, 3.63) is 0 Å². The second kappa shape index (κ2) is 5.06. The van der Waals surface area contributed by atoms with E-state index in [-0.39, 0.29) is 19.4 Å². The van der Waals surface area contributed by atoms with E-state index in [1.165, 1.54) is 0 Å². The molecule has 2 atom stereocenters. The maximum absolute atomic E-state index is 10.0. The molecule has 0 fully saturated rings. The third kappa shape index (κ3) is 5.78. The summed E-state index contributed by atoms with van der Waals surface area (Å²) >= 11 is 0. The molecule has 5 N–H and O–H groups in total. The van der Waals surface area contributed by atoms with E-state index in [4.69, 9.17) is 21.1 Å². The van der Waals surface area contributed by atoms with Gasteiger partial charge in [-0.15, -0.1) is 0 Å². The molecule has 5 nitrogen and oxygen atoms in total. The minimum absolute atomic E-state index is 0.0167. The van der Waals surface area contributed by atoms with Gasteiger partial charge in [0.2, 0.25) is 0 Å². The van der Waals surface area contributed by atoms with Crippen molar-refractivity contribution in [2.24, 2.45) is 5.73 Å². The topological polar surface area (TPSA) is 104 Å². The fraction of sp³-hybridized carbons (Fsp3) is 0.833. The number of rotatable bonds is 5. The molecular weight excluding hydrogens is 150 g/mol. The minimum Gasteiger partial charge on any atom is -0.481 e. The van der Waals surface area contributed by atoms with Crippen LogP contribution >= 0.6 is 0 Å². The third-order valence-corrected chi connectivity index (χ3v) is 1.23. The summed E-state index contributed by atoms with van der Waals surface area (Å²) in [6.45, 7) is 0.0384. The zero-order chi connectivity index (χ0) is 8.85. The molecule has 0 saturated heterocycles.